The Morgan fingerprint density at radius 2 is 2.05 bits per heavy atom. The summed E-state index contributed by atoms with van der Waals surface area (Å²) in [6.07, 6.45) is 4.17. The van der Waals surface area contributed by atoms with E-state index in [4.69, 9.17) is 16.3 Å². The van der Waals surface area contributed by atoms with E-state index in [1.165, 1.54) is 0 Å². The average molecular weight is 295 g/mol. The zero-order valence-corrected chi connectivity index (χ0v) is 11.9. The van der Waals surface area contributed by atoms with Gasteiger partial charge in [-0.1, -0.05) is 0 Å². The molecule has 0 amide bonds. The van der Waals surface area contributed by atoms with E-state index in [1.54, 1.807) is 6.20 Å². The quantitative estimate of drug-likeness (QED) is 0.829. The molecule has 0 saturated carbocycles. The number of aromatic nitrogens is 5. The first-order valence-corrected chi connectivity index (χ1v) is 6.79. The van der Waals surface area contributed by atoms with Crippen LogP contribution < -0.4 is 4.90 Å². The summed E-state index contributed by atoms with van der Waals surface area (Å²) in [5.41, 5.74) is 0. The normalized spacial score (nSPS) is 15.6. The fourth-order valence-electron chi connectivity index (χ4n) is 2.07. The van der Waals surface area contributed by atoms with Crippen LogP contribution >= 0.6 is 11.6 Å². The van der Waals surface area contributed by atoms with Crippen molar-refractivity contribution in [2.45, 2.75) is 6.42 Å². The van der Waals surface area contributed by atoms with E-state index in [1.807, 2.05) is 17.8 Å². The minimum atomic E-state index is 0.214. The van der Waals surface area contributed by atoms with Gasteiger partial charge in [0.15, 0.2) is 0 Å². The Morgan fingerprint density at radius 3 is 2.75 bits per heavy atom. The number of ether oxygens (including phenoxy) is 1. The monoisotopic (exact) mass is 294 g/mol. The molecular formula is C12H15ClN6O. The van der Waals surface area contributed by atoms with Crippen molar-refractivity contribution in [3.8, 4) is 0 Å². The van der Waals surface area contributed by atoms with Crippen LogP contribution in [-0.2, 0) is 18.2 Å². The Balaban J connectivity index is 1.84. The molecule has 1 aliphatic heterocycles. The van der Waals surface area contributed by atoms with E-state index in [2.05, 4.69) is 24.8 Å². The van der Waals surface area contributed by atoms with Crippen molar-refractivity contribution in [2.24, 2.45) is 7.05 Å². The second-order valence-electron chi connectivity index (χ2n) is 4.55. The summed E-state index contributed by atoms with van der Waals surface area (Å²) in [7, 11) is 1.94. The molecule has 0 atom stereocenters. The molecule has 3 rings (SSSR count). The van der Waals surface area contributed by atoms with Crippen LogP contribution in [0.2, 0.25) is 5.28 Å². The second-order valence-corrected chi connectivity index (χ2v) is 4.89. The second kappa shape index (κ2) is 5.72. The lowest BCUT2D eigenvalue weighted by molar-refractivity contribution is 0.122. The molecule has 7 nitrogen and oxygen atoms in total. The Labute approximate surface area is 121 Å². The molecule has 20 heavy (non-hydrogen) atoms. The van der Waals surface area contributed by atoms with Gasteiger partial charge in [0.05, 0.1) is 19.6 Å². The smallest absolute Gasteiger partial charge is 0.230 e. The third-order valence-electron chi connectivity index (χ3n) is 3.17. The average Bonchev–Trinajstić information content (AvgIpc) is 2.85. The number of imidazole rings is 1. The summed E-state index contributed by atoms with van der Waals surface area (Å²) in [6, 6.07) is 0. The first-order chi connectivity index (χ1) is 9.72. The molecule has 106 valence electrons. The molecule has 0 N–H and O–H groups in total. The molecule has 0 unspecified atom stereocenters. The molecule has 0 bridgehead atoms. The Morgan fingerprint density at radius 1 is 1.25 bits per heavy atom. The van der Waals surface area contributed by atoms with Gasteiger partial charge in [0.2, 0.25) is 11.2 Å². The van der Waals surface area contributed by atoms with Gasteiger partial charge in [0.25, 0.3) is 0 Å². The van der Waals surface area contributed by atoms with Crippen LogP contribution in [0.1, 0.15) is 11.6 Å². The zero-order chi connectivity index (χ0) is 13.9. The molecule has 1 fully saturated rings. The number of rotatable bonds is 3. The van der Waals surface area contributed by atoms with E-state index >= 15 is 0 Å². The van der Waals surface area contributed by atoms with Crippen LogP contribution in [0.5, 0.6) is 0 Å². The van der Waals surface area contributed by atoms with Crippen molar-refractivity contribution in [1.82, 2.24) is 24.5 Å². The predicted octanol–water partition coefficient (Wildman–Crippen LogP) is 0.686. The first kappa shape index (κ1) is 13.3. The minimum absolute atomic E-state index is 0.214. The van der Waals surface area contributed by atoms with E-state index in [-0.39, 0.29) is 5.28 Å². The van der Waals surface area contributed by atoms with Crippen molar-refractivity contribution in [1.29, 1.82) is 0 Å². The van der Waals surface area contributed by atoms with Crippen LogP contribution in [-0.4, -0.2) is 50.8 Å². The first-order valence-electron chi connectivity index (χ1n) is 6.42. The number of hydrogen-bond acceptors (Lipinski definition) is 6. The summed E-state index contributed by atoms with van der Waals surface area (Å²) < 4.78 is 7.26. The van der Waals surface area contributed by atoms with Crippen LogP contribution in [0.25, 0.3) is 0 Å². The van der Waals surface area contributed by atoms with Crippen molar-refractivity contribution >= 4 is 17.5 Å². The summed E-state index contributed by atoms with van der Waals surface area (Å²) >= 11 is 6.00. The highest BCUT2D eigenvalue weighted by Crippen LogP contribution is 2.14. The topological polar surface area (TPSA) is 69.0 Å². The number of halogens is 1. The highest BCUT2D eigenvalue weighted by atomic mass is 35.5. The van der Waals surface area contributed by atoms with Gasteiger partial charge in [-0.2, -0.15) is 9.97 Å². The van der Waals surface area contributed by atoms with Gasteiger partial charge >= 0.3 is 0 Å². The summed E-state index contributed by atoms with van der Waals surface area (Å²) in [5.74, 6) is 2.12. The van der Waals surface area contributed by atoms with Gasteiger partial charge in [-0.05, 0) is 11.6 Å². The lowest BCUT2D eigenvalue weighted by Gasteiger charge is -2.26. The number of morpholine rings is 1. The predicted molar refractivity (Wildman–Crippen MR) is 73.9 cm³/mol. The highest BCUT2D eigenvalue weighted by Gasteiger charge is 2.16. The summed E-state index contributed by atoms with van der Waals surface area (Å²) in [4.78, 5) is 19.2. The Hall–Kier alpha value is -1.73. The van der Waals surface area contributed by atoms with E-state index in [9.17, 15) is 0 Å². The van der Waals surface area contributed by atoms with E-state index < -0.39 is 0 Å². The number of anilines is 1. The summed E-state index contributed by atoms with van der Waals surface area (Å²) in [5, 5.41) is 0.214. The third-order valence-corrected chi connectivity index (χ3v) is 3.34. The molecule has 0 aromatic carbocycles. The van der Waals surface area contributed by atoms with Crippen molar-refractivity contribution in [3.05, 3.63) is 29.3 Å². The standard InChI is InChI=1S/C12H15ClN6O/c1-18-3-2-14-10(18)8-9-15-11(13)17-12(16-9)19-4-6-20-7-5-19/h2-3H,4-8H2,1H3. The van der Waals surface area contributed by atoms with Crippen LogP contribution in [0.4, 0.5) is 5.95 Å². The molecule has 0 aliphatic carbocycles. The van der Waals surface area contributed by atoms with Gasteiger partial charge in [-0.3, -0.25) is 0 Å². The van der Waals surface area contributed by atoms with Crippen LogP contribution in [0.3, 0.4) is 0 Å². The zero-order valence-electron chi connectivity index (χ0n) is 11.2. The van der Waals surface area contributed by atoms with Gasteiger partial charge in [0.1, 0.15) is 11.6 Å². The van der Waals surface area contributed by atoms with Crippen molar-refractivity contribution < 1.29 is 4.74 Å². The Kier molecular flexibility index (Phi) is 3.79. The number of nitrogens with zero attached hydrogens (tertiary/aromatic N) is 6. The fraction of sp³-hybridized carbons (Fsp3) is 0.500. The molecule has 0 radical (unpaired) electrons. The van der Waals surface area contributed by atoms with Gasteiger partial charge in [-0.15, -0.1) is 0 Å². The maximum absolute atomic E-state index is 6.00. The summed E-state index contributed by atoms with van der Waals surface area (Å²) in [6.45, 7) is 2.89. The molecule has 1 saturated heterocycles. The van der Waals surface area contributed by atoms with Gasteiger partial charge < -0.3 is 14.2 Å². The van der Waals surface area contributed by atoms with Crippen LogP contribution in [0, 0.1) is 0 Å². The van der Waals surface area contributed by atoms with Gasteiger partial charge in [0, 0.05) is 32.5 Å². The highest BCUT2D eigenvalue weighted by molar-refractivity contribution is 6.28. The van der Waals surface area contributed by atoms with Crippen molar-refractivity contribution in [3.63, 3.8) is 0 Å². The lowest BCUT2D eigenvalue weighted by Crippen LogP contribution is -2.37. The maximum Gasteiger partial charge on any atom is 0.230 e. The maximum atomic E-state index is 6.00. The molecule has 3 heterocycles. The number of aryl methyl sites for hydroxylation is 1. The minimum Gasteiger partial charge on any atom is -0.378 e. The Bertz CT molecular complexity index is 595. The van der Waals surface area contributed by atoms with Crippen molar-refractivity contribution in [2.75, 3.05) is 31.2 Å². The lowest BCUT2D eigenvalue weighted by atomic mass is 10.4. The van der Waals surface area contributed by atoms with Gasteiger partial charge in [-0.25, -0.2) is 9.97 Å². The molecule has 0 spiro atoms. The van der Waals surface area contributed by atoms with Crippen LogP contribution in [0.15, 0.2) is 12.4 Å². The SMILES string of the molecule is Cn1ccnc1Cc1nc(Cl)nc(N2CCOCC2)n1. The molecule has 8 heteroatoms. The third kappa shape index (κ3) is 2.88. The molecular weight excluding hydrogens is 280 g/mol. The molecule has 2 aromatic rings. The van der Waals surface area contributed by atoms with E-state index in [0.717, 1.165) is 18.9 Å². The fourth-order valence-corrected chi connectivity index (χ4v) is 2.24. The van der Waals surface area contributed by atoms with E-state index in [0.29, 0.717) is 31.4 Å². The molecule has 2 aromatic heterocycles. The molecule has 1 aliphatic rings. The number of hydrogen-bond donors (Lipinski definition) is 0. The largest absolute Gasteiger partial charge is 0.378 e.